The lowest BCUT2D eigenvalue weighted by Crippen LogP contribution is -2.15. The minimum Gasteiger partial charge on any atom is -0.507 e. The third-order valence-electron chi connectivity index (χ3n) is 11.2. The number of rotatable bonds is 6. The second-order valence-electron chi connectivity index (χ2n) is 14.8. The summed E-state index contributed by atoms with van der Waals surface area (Å²) in [7, 11) is 0. The molecule has 0 bridgehead atoms. The first-order valence-corrected chi connectivity index (χ1v) is 18.7. The Hall–Kier alpha value is -7.04. The number of fused-ring (bicyclic) bond motifs is 4. The van der Waals surface area contributed by atoms with Crippen LogP contribution in [-0.2, 0) is 5.41 Å². The van der Waals surface area contributed by atoms with Gasteiger partial charge in [0.25, 0.3) is 0 Å². The van der Waals surface area contributed by atoms with Crippen LogP contribution >= 0.6 is 0 Å². The summed E-state index contributed by atoms with van der Waals surface area (Å²) >= 11 is 0. The van der Waals surface area contributed by atoms with Crippen LogP contribution in [0.25, 0.3) is 83.9 Å². The summed E-state index contributed by atoms with van der Waals surface area (Å²) in [4.78, 5) is 10.4. The van der Waals surface area contributed by atoms with Gasteiger partial charge in [-0.3, -0.25) is 9.55 Å². The molecule has 7 aromatic carbocycles. The van der Waals surface area contributed by atoms with Gasteiger partial charge in [0.05, 0.1) is 22.3 Å². The maximum absolute atomic E-state index is 11.1. The first-order valence-electron chi connectivity index (χ1n) is 18.7. The van der Waals surface area contributed by atoms with E-state index in [2.05, 4.69) is 146 Å². The van der Waals surface area contributed by atoms with E-state index >= 15 is 0 Å². The Morgan fingerprint density at radius 3 is 1.89 bits per heavy atom. The molecule has 0 saturated heterocycles. The van der Waals surface area contributed by atoms with E-state index in [4.69, 9.17) is 9.97 Å². The molecule has 0 fully saturated rings. The van der Waals surface area contributed by atoms with Crippen LogP contribution in [0.15, 0.2) is 182 Å². The Kier molecular flexibility index (Phi) is 7.60. The molecule has 0 amide bonds. The zero-order valence-electron chi connectivity index (χ0n) is 30.6. The lowest BCUT2D eigenvalue weighted by atomic mass is 9.80. The highest BCUT2D eigenvalue weighted by molar-refractivity contribution is 6.03. The van der Waals surface area contributed by atoms with Gasteiger partial charge in [-0.2, -0.15) is 0 Å². The van der Waals surface area contributed by atoms with Gasteiger partial charge in [-0.05, 0) is 105 Å². The van der Waals surface area contributed by atoms with Crippen LogP contribution in [0.1, 0.15) is 25.0 Å². The predicted molar refractivity (Wildman–Crippen MR) is 225 cm³/mol. The van der Waals surface area contributed by atoms with Gasteiger partial charge in [0, 0.05) is 28.4 Å². The van der Waals surface area contributed by atoms with Gasteiger partial charge < -0.3 is 5.11 Å². The van der Waals surface area contributed by atoms with Crippen molar-refractivity contribution < 1.29 is 5.11 Å². The summed E-state index contributed by atoms with van der Waals surface area (Å²) in [6, 6.07) is 61.1. The fraction of sp³-hybridized carbons (Fsp3) is 0.0588. The first kappa shape index (κ1) is 32.6. The molecule has 2 aromatic heterocycles. The van der Waals surface area contributed by atoms with E-state index < -0.39 is 0 Å². The molecule has 1 aliphatic rings. The number of aromatic hydroxyl groups is 1. The molecular formula is C51H37N3O. The van der Waals surface area contributed by atoms with Gasteiger partial charge in [-0.1, -0.05) is 135 Å². The molecular weight excluding hydrogens is 671 g/mol. The monoisotopic (exact) mass is 707 g/mol. The predicted octanol–water partition coefficient (Wildman–Crippen LogP) is 12.8. The summed E-state index contributed by atoms with van der Waals surface area (Å²) in [5.41, 5.74) is 17.0. The molecule has 2 heterocycles. The summed E-state index contributed by atoms with van der Waals surface area (Å²) in [6.07, 6.45) is 1.92. The molecule has 0 spiro atoms. The highest BCUT2D eigenvalue weighted by Gasteiger charge is 2.38. The second kappa shape index (κ2) is 12.8. The Bertz CT molecular complexity index is 2890. The highest BCUT2D eigenvalue weighted by atomic mass is 16.3. The molecule has 9 aromatic rings. The zero-order valence-corrected chi connectivity index (χ0v) is 30.6. The van der Waals surface area contributed by atoms with Gasteiger partial charge in [0.1, 0.15) is 11.6 Å². The highest BCUT2D eigenvalue weighted by Crippen LogP contribution is 2.54. The Morgan fingerprint density at radius 1 is 0.491 bits per heavy atom. The molecule has 0 saturated carbocycles. The van der Waals surface area contributed by atoms with Crippen LogP contribution in [0.3, 0.4) is 0 Å². The molecule has 4 nitrogen and oxygen atoms in total. The first-order chi connectivity index (χ1) is 27.0. The Balaban J connectivity index is 1.19. The van der Waals surface area contributed by atoms with Crippen LogP contribution in [0.2, 0.25) is 0 Å². The van der Waals surface area contributed by atoms with Gasteiger partial charge >= 0.3 is 0 Å². The van der Waals surface area contributed by atoms with Crippen molar-refractivity contribution in [3.05, 3.63) is 193 Å². The van der Waals surface area contributed by atoms with Gasteiger partial charge in [0.2, 0.25) is 0 Å². The smallest absolute Gasteiger partial charge is 0.149 e. The fourth-order valence-electron chi connectivity index (χ4n) is 8.43. The van der Waals surface area contributed by atoms with Crippen molar-refractivity contribution in [2.45, 2.75) is 19.3 Å². The number of aromatic nitrogens is 3. The largest absolute Gasteiger partial charge is 0.507 e. The van der Waals surface area contributed by atoms with Crippen LogP contribution < -0.4 is 0 Å². The molecule has 0 radical (unpaired) electrons. The van der Waals surface area contributed by atoms with Crippen LogP contribution in [0.5, 0.6) is 5.75 Å². The topological polar surface area (TPSA) is 50.9 Å². The van der Waals surface area contributed by atoms with E-state index in [1.807, 2.05) is 48.7 Å². The number of para-hydroxylation sites is 3. The molecule has 0 atom stereocenters. The third kappa shape index (κ3) is 5.37. The molecule has 1 N–H and O–H groups in total. The third-order valence-corrected chi connectivity index (χ3v) is 11.2. The number of nitrogens with zero attached hydrogens (tertiary/aromatic N) is 3. The van der Waals surface area contributed by atoms with E-state index in [1.54, 1.807) is 6.07 Å². The summed E-state index contributed by atoms with van der Waals surface area (Å²) in [6.45, 7) is 4.65. The number of pyridine rings is 1. The van der Waals surface area contributed by atoms with Crippen molar-refractivity contribution in [1.29, 1.82) is 0 Å². The van der Waals surface area contributed by atoms with E-state index in [-0.39, 0.29) is 11.2 Å². The van der Waals surface area contributed by atoms with Crippen molar-refractivity contribution in [2.24, 2.45) is 0 Å². The van der Waals surface area contributed by atoms with Crippen molar-refractivity contribution in [1.82, 2.24) is 14.5 Å². The summed E-state index contributed by atoms with van der Waals surface area (Å²) < 4.78 is 2.16. The fourth-order valence-corrected chi connectivity index (χ4v) is 8.43. The number of imidazole rings is 1. The van der Waals surface area contributed by atoms with E-state index in [1.165, 1.54) is 33.4 Å². The molecule has 1 aliphatic carbocycles. The molecule has 262 valence electrons. The summed E-state index contributed by atoms with van der Waals surface area (Å²) in [5.74, 6) is 0.878. The standard InChI is InChI=1S/C51H37N3O/c1-51(2)43-21-11-9-18-40(43)48-42(39-20-13-22-46-49(39)53-50(41-19-10-12-23-47(41)55)54(46)38-16-7-4-8-17-38)30-37(31-44(48)51)45-32-36(28-29-52-45)35-26-24-34(25-27-35)33-14-5-3-6-15-33/h3-32,55H,1-2H3. The molecule has 4 heteroatoms. The number of phenols is 1. The van der Waals surface area contributed by atoms with Crippen LogP contribution in [0.4, 0.5) is 0 Å². The maximum atomic E-state index is 11.1. The quantitative estimate of drug-likeness (QED) is 0.187. The number of phenolic OH excluding ortho intramolecular Hbond substituents is 1. The minimum atomic E-state index is -0.236. The van der Waals surface area contributed by atoms with Gasteiger partial charge in [-0.15, -0.1) is 0 Å². The molecule has 55 heavy (non-hydrogen) atoms. The summed E-state index contributed by atoms with van der Waals surface area (Å²) in [5, 5.41) is 11.1. The normalized spacial score (nSPS) is 12.8. The van der Waals surface area contributed by atoms with E-state index in [9.17, 15) is 5.11 Å². The SMILES string of the molecule is CC1(C)c2ccccc2-c2c(-c3cccc4c3nc(-c3ccccc3O)n4-c3ccccc3)cc(-c3cc(-c4ccc(-c5ccccc5)cc4)ccn3)cc21. The second-order valence-corrected chi connectivity index (χ2v) is 14.8. The number of benzene rings is 7. The van der Waals surface area contributed by atoms with Gasteiger partial charge in [0.15, 0.2) is 0 Å². The van der Waals surface area contributed by atoms with Crippen molar-refractivity contribution in [2.75, 3.05) is 0 Å². The van der Waals surface area contributed by atoms with Crippen molar-refractivity contribution >= 4 is 11.0 Å². The van der Waals surface area contributed by atoms with Crippen molar-refractivity contribution in [3.8, 4) is 78.6 Å². The average molecular weight is 708 g/mol. The maximum Gasteiger partial charge on any atom is 0.149 e. The lowest BCUT2D eigenvalue weighted by Gasteiger charge is -2.23. The van der Waals surface area contributed by atoms with Crippen LogP contribution in [-0.4, -0.2) is 19.6 Å². The molecule has 0 unspecified atom stereocenters. The molecule has 0 aliphatic heterocycles. The van der Waals surface area contributed by atoms with Crippen LogP contribution in [0, 0.1) is 0 Å². The lowest BCUT2D eigenvalue weighted by molar-refractivity contribution is 0.477. The van der Waals surface area contributed by atoms with E-state index in [0.717, 1.165) is 50.2 Å². The number of hydrogen-bond donors (Lipinski definition) is 1. The minimum absolute atomic E-state index is 0.191. The Labute approximate surface area is 320 Å². The van der Waals surface area contributed by atoms with Crippen molar-refractivity contribution in [3.63, 3.8) is 0 Å². The van der Waals surface area contributed by atoms with E-state index in [0.29, 0.717) is 11.4 Å². The zero-order chi connectivity index (χ0) is 37.1. The number of hydrogen-bond acceptors (Lipinski definition) is 3. The van der Waals surface area contributed by atoms with Gasteiger partial charge in [-0.25, -0.2) is 4.98 Å². The average Bonchev–Trinajstić information content (AvgIpc) is 3.74. The molecule has 10 rings (SSSR count). The Morgan fingerprint density at radius 2 is 1.13 bits per heavy atom.